The molecule has 2 fully saturated rings. The fourth-order valence-electron chi connectivity index (χ4n) is 6.94. The van der Waals surface area contributed by atoms with Crippen LogP contribution in [0.2, 0.25) is 0 Å². The number of rotatable bonds is 12. The second-order valence-corrected chi connectivity index (χ2v) is 18.6. The number of hydrogen-bond donors (Lipinski definition) is 6. The molecule has 0 bridgehead atoms. The first-order chi connectivity index (χ1) is 26.9. The van der Waals surface area contributed by atoms with Gasteiger partial charge in [-0.1, -0.05) is 32.6 Å². The van der Waals surface area contributed by atoms with Crippen molar-refractivity contribution in [1.82, 2.24) is 21.2 Å². The number of carboxylic acid groups (broad SMARTS) is 1. The summed E-state index contributed by atoms with van der Waals surface area (Å²) in [7, 11) is -8.12. The van der Waals surface area contributed by atoms with Gasteiger partial charge in [-0.15, -0.1) is 11.8 Å². The van der Waals surface area contributed by atoms with E-state index in [0.717, 1.165) is 0 Å². The molecule has 4 unspecified atom stereocenters. The number of ether oxygens (including phenoxy) is 2. The van der Waals surface area contributed by atoms with Crippen LogP contribution in [0.3, 0.4) is 0 Å². The normalized spacial score (nSPS) is 18.4. The van der Waals surface area contributed by atoms with Gasteiger partial charge in [0.05, 0.1) is 9.79 Å². The van der Waals surface area contributed by atoms with Crippen LogP contribution in [0, 0.1) is 40.9 Å². The maximum atomic E-state index is 13.4. The summed E-state index contributed by atoms with van der Waals surface area (Å²) in [6.45, 7) is 10.7. The Kier molecular flexibility index (Phi) is 17.2. The number of nitrogens with zero attached hydrogens (tertiary/aromatic N) is 1. The second kappa shape index (κ2) is 21.1. The number of piperidine rings is 2. The van der Waals surface area contributed by atoms with E-state index in [9.17, 15) is 41.5 Å². The SMILES string of the molecule is CC#CCOc1ccc(S(=O)(=O)C(C(=O)NO)C2CCN(C(=O)O)C(C(C)(C)C)C2)cc1.CC#CCOc1ccc(S(=O)(=O)C(C(=O)NO)C2CCNCC2)cc1. The van der Waals surface area contributed by atoms with E-state index in [4.69, 9.17) is 14.7 Å². The minimum atomic E-state index is -4.18. The molecule has 2 aliphatic rings. The van der Waals surface area contributed by atoms with Crippen LogP contribution in [0.25, 0.3) is 0 Å². The average Bonchev–Trinajstić information content (AvgIpc) is 3.18. The predicted octanol–water partition coefficient (Wildman–Crippen LogP) is 3.28. The largest absolute Gasteiger partial charge is 0.481 e. The van der Waals surface area contributed by atoms with Crippen LogP contribution in [0.5, 0.6) is 11.5 Å². The summed E-state index contributed by atoms with van der Waals surface area (Å²) in [4.78, 5) is 37.5. The monoisotopic (exact) mass is 832 g/mol. The molecule has 0 radical (unpaired) electrons. The molecule has 2 heterocycles. The number of amides is 3. The lowest BCUT2D eigenvalue weighted by Gasteiger charge is -2.45. The third-order valence-corrected chi connectivity index (χ3v) is 14.2. The molecule has 4 atom stereocenters. The molecule has 2 saturated heterocycles. The number of likely N-dealkylation sites (tertiary alicyclic amines) is 1. The van der Waals surface area contributed by atoms with Crippen molar-refractivity contribution >= 4 is 37.6 Å². The first-order valence-electron chi connectivity index (χ1n) is 18.2. The van der Waals surface area contributed by atoms with Gasteiger partial charge < -0.3 is 24.8 Å². The quantitative estimate of drug-likeness (QED) is 0.102. The first kappa shape index (κ1) is 46.5. The average molecular weight is 833 g/mol. The number of carbonyl (C=O) groups excluding carboxylic acids is 2. The lowest BCUT2D eigenvalue weighted by Crippen LogP contribution is -2.55. The van der Waals surface area contributed by atoms with Crippen LogP contribution < -0.4 is 25.8 Å². The summed E-state index contributed by atoms with van der Waals surface area (Å²) in [6, 6.07) is 11.0. The van der Waals surface area contributed by atoms with E-state index in [2.05, 4.69) is 29.0 Å². The lowest BCUT2D eigenvalue weighted by atomic mass is 9.76. The molecule has 16 nitrogen and oxygen atoms in total. The van der Waals surface area contributed by atoms with Crippen molar-refractivity contribution < 1.29 is 56.2 Å². The van der Waals surface area contributed by atoms with Gasteiger partial charge >= 0.3 is 6.09 Å². The smallest absolute Gasteiger partial charge is 0.407 e. The zero-order valence-electron chi connectivity index (χ0n) is 32.6. The maximum absolute atomic E-state index is 13.4. The van der Waals surface area contributed by atoms with E-state index in [1.807, 2.05) is 20.8 Å². The number of hydrogen-bond acceptors (Lipinski definition) is 12. The van der Waals surface area contributed by atoms with Crippen molar-refractivity contribution in [1.29, 1.82) is 0 Å². The van der Waals surface area contributed by atoms with Crippen molar-refractivity contribution in [3.8, 4) is 35.2 Å². The number of sulfone groups is 2. The first-order valence-corrected chi connectivity index (χ1v) is 21.3. The minimum absolute atomic E-state index is 0.0218. The zero-order chi connectivity index (χ0) is 42.4. The van der Waals surface area contributed by atoms with Crippen LogP contribution in [0.1, 0.15) is 60.3 Å². The predicted molar refractivity (Wildman–Crippen MR) is 209 cm³/mol. The van der Waals surface area contributed by atoms with E-state index in [1.165, 1.54) is 64.4 Å². The molecule has 57 heavy (non-hydrogen) atoms. The molecule has 0 saturated carbocycles. The molecule has 6 N–H and O–H groups in total. The highest BCUT2D eigenvalue weighted by atomic mass is 32.2. The molecule has 4 rings (SSSR count). The van der Waals surface area contributed by atoms with Gasteiger partial charge in [-0.05, 0) is 118 Å². The van der Waals surface area contributed by atoms with E-state index >= 15 is 0 Å². The number of benzene rings is 2. The highest BCUT2D eigenvalue weighted by Gasteiger charge is 2.47. The molecule has 0 aromatic heterocycles. The summed E-state index contributed by atoms with van der Waals surface area (Å²) in [5.41, 5.74) is 2.52. The van der Waals surface area contributed by atoms with Gasteiger partial charge in [0.1, 0.15) is 35.2 Å². The second-order valence-electron chi connectivity index (χ2n) is 14.5. The molecule has 3 amide bonds. The molecule has 2 aromatic rings. The van der Waals surface area contributed by atoms with Crippen molar-refractivity contribution in [3.63, 3.8) is 0 Å². The van der Waals surface area contributed by atoms with Gasteiger partial charge in [0.2, 0.25) is 0 Å². The maximum Gasteiger partial charge on any atom is 0.407 e. The Balaban J connectivity index is 0.000000315. The highest BCUT2D eigenvalue weighted by molar-refractivity contribution is 7.93. The van der Waals surface area contributed by atoms with Gasteiger partial charge in [0.15, 0.2) is 19.7 Å². The number of nitrogens with one attached hydrogen (secondary N) is 3. The van der Waals surface area contributed by atoms with Crippen LogP contribution in [-0.4, -0.2) is 105 Å². The molecule has 0 aliphatic carbocycles. The van der Waals surface area contributed by atoms with Crippen molar-refractivity contribution in [2.75, 3.05) is 32.8 Å². The fraction of sp³-hybridized carbons (Fsp3) is 0.513. The Morgan fingerprint density at radius 2 is 1.19 bits per heavy atom. The summed E-state index contributed by atoms with van der Waals surface area (Å²) in [6.07, 6.45) is 0.358. The van der Waals surface area contributed by atoms with Crippen molar-refractivity contribution in [2.24, 2.45) is 17.3 Å². The number of carbonyl (C=O) groups is 3. The van der Waals surface area contributed by atoms with Gasteiger partial charge in [-0.25, -0.2) is 32.6 Å². The molecule has 2 aliphatic heterocycles. The van der Waals surface area contributed by atoms with Gasteiger partial charge in [-0.3, -0.25) is 20.0 Å². The fourth-order valence-corrected chi connectivity index (χ4v) is 10.8. The minimum Gasteiger partial charge on any atom is -0.481 e. The molecule has 0 spiro atoms. The summed E-state index contributed by atoms with van der Waals surface area (Å²) in [5, 5.41) is 28.1. The van der Waals surface area contributed by atoms with Gasteiger partial charge in [0.25, 0.3) is 11.8 Å². The van der Waals surface area contributed by atoms with Crippen LogP contribution in [0.4, 0.5) is 4.79 Å². The Bertz CT molecular complexity index is 2020. The lowest BCUT2D eigenvalue weighted by molar-refractivity contribution is -0.130. The molecular weight excluding hydrogens is 781 g/mol. The summed E-state index contributed by atoms with van der Waals surface area (Å²) in [5.74, 6) is 8.83. The number of hydroxylamine groups is 2. The van der Waals surface area contributed by atoms with Gasteiger partial charge in [-0.2, -0.15) is 0 Å². The Hall–Kier alpha value is -4.85. The molecule has 18 heteroatoms. The molecule has 2 aromatic carbocycles. The topological polar surface area (TPSA) is 238 Å². The van der Waals surface area contributed by atoms with E-state index in [-0.39, 0.29) is 48.3 Å². The standard InChI is InChI=1S/C22H30N2O7S.C17H22N2O5S/c1-5-6-13-31-16-7-9-17(10-8-16)32(29,30)19(20(25)23-28)15-11-12-24(21(26)27)18(14-15)22(2,3)4;1-2-3-12-24-14-4-6-15(7-5-14)25(22,23)16(17(20)19-21)13-8-10-18-11-9-13/h7-10,15,18-19,28H,11-14H2,1-4H3,(H,23,25)(H,26,27);4-7,13,16,18,21H,8-12H2,1H3,(H,19,20). The Morgan fingerprint density at radius 3 is 1.56 bits per heavy atom. The Morgan fingerprint density at radius 1 is 0.772 bits per heavy atom. The van der Waals surface area contributed by atoms with Crippen LogP contribution >= 0.6 is 0 Å². The van der Waals surface area contributed by atoms with Gasteiger partial charge in [0, 0.05) is 12.6 Å². The molecular formula is C39H52N4O12S2. The third kappa shape index (κ3) is 12.3. The van der Waals surface area contributed by atoms with E-state index in [1.54, 1.807) is 13.8 Å². The van der Waals surface area contributed by atoms with E-state index < -0.39 is 65.5 Å². The summed E-state index contributed by atoms with van der Waals surface area (Å²) < 4.78 is 63.5. The highest BCUT2D eigenvalue weighted by Crippen LogP contribution is 2.39. The molecule has 312 valence electrons. The third-order valence-electron chi connectivity index (χ3n) is 9.81. The Labute approximate surface area is 334 Å². The van der Waals surface area contributed by atoms with Crippen LogP contribution in [0.15, 0.2) is 58.3 Å². The van der Waals surface area contributed by atoms with Crippen molar-refractivity contribution in [2.45, 2.75) is 86.6 Å². The van der Waals surface area contributed by atoms with Crippen molar-refractivity contribution in [3.05, 3.63) is 48.5 Å². The van der Waals surface area contributed by atoms with E-state index in [0.29, 0.717) is 37.4 Å². The van der Waals surface area contributed by atoms with Crippen LogP contribution in [-0.2, 0) is 29.3 Å². The summed E-state index contributed by atoms with van der Waals surface area (Å²) >= 11 is 0. The zero-order valence-corrected chi connectivity index (χ0v) is 34.3.